The molecule has 0 radical (unpaired) electrons. The van der Waals surface area contributed by atoms with Gasteiger partial charge in [0, 0.05) is 0 Å². The lowest BCUT2D eigenvalue weighted by Crippen LogP contribution is -2.26. The van der Waals surface area contributed by atoms with E-state index in [1.807, 2.05) is 13.8 Å². The molecule has 0 spiro atoms. The third-order valence-electron chi connectivity index (χ3n) is 3.41. The topological polar surface area (TPSA) is 83.3 Å². The van der Waals surface area contributed by atoms with Crippen LogP contribution in [0, 0.1) is 0 Å². The van der Waals surface area contributed by atoms with E-state index in [1.165, 1.54) is 0 Å². The molecule has 0 saturated carbocycles. The first-order valence-electron chi connectivity index (χ1n) is 7.81. The van der Waals surface area contributed by atoms with Gasteiger partial charge in [-0.1, -0.05) is 17.3 Å². The first kappa shape index (κ1) is 16.6. The molecule has 128 valence electrons. The van der Waals surface area contributed by atoms with E-state index in [-0.39, 0.29) is 18.4 Å². The number of carbonyl (C=O) groups excluding carboxylic acids is 1. The Hall–Kier alpha value is -3.22. The quantitative estimate of drug-likeness (QED) is 0.664. The Kier molecular flexibility index (Phi) is 4.74. The van der Waals surface area contributed by atoms with Crippen LogP contribution in [0.15, 0.2) is 53.3 Å². The van der Waals surface area contributed by atoms with Crippen molar-refractivity contribution in [1.82, 2.24) is 15.0 Å². The minimum atomic E-state index is -0.557. The van der Waals surface area contributed by atoms with Crippen LogP contribution in [0.2, 0.25) is 0 Å². The zero-order valence-electron chi connectivity index (χ0n) is 13.9. The van der Waals surface area contributed by atoms with Crippen molar-refractivity contribution < 1.29 is 14.3 Å². The van der Waals surface area contributed by atoms with Crippen LogP contribution in [0.1, 0.15) is 24.2 Å². The molecule has 1 aromatic heterocycles. The fourth-order valence-corrected chi connectivity index (χ4v) is 2.25. The Balaban J connectivity index is 1.70. The van der Waals surface area contributed by atoms with Gasteiger partial charge in [0.05, 0.1) is 17.1 Å². The van der Waals surface area contributed by atoms with Crippen LogP contribution in [0.5, 0.6) is 5.75 Å². The zero-order chi connectivity index (χ0) is 17.8. The summed E-state index contributed by atoms with van der Waals surface area (Å²) >= 11 is 0. The van der Waals surface area contributed by atoms with Crippen molar-refractivity contribution in [3.05, 3.63) is 64.4 Å². The fraction of sp³-hybridized carbons (Fsp3) is 0.222. The number of fused-ring (bicyclic) bond motifs is 1. The van der Waals surface area contributed by atoms with Crippen LogP contribution < -0.4 is 10.3 Å². The van der Waals surface area contributed by atoms with Crippen molar-refractivity contribution in [3.63, 3.8) is 0 Å². The number of benzene rings is 2. The van der Waals surface area contributed by atoms with Gasteiger partial charge in [-0.2, -0.15) is 4.68 Å². The van der Waals surface area contributed by atoms with Crippen molar-refractivity contribution in [2.45, 2.75) is 26.7 Å². The van der Waals surface area contributed by atoms with Gasteiger partial charge in [0.15, 0.2) is 6.73 Å². The van der Waals surface area contributed by atoms with Crippen LogP contribution in [0.4, 0.5) is 0 Å². The number of rotatable bonds is 5. The smallest absolute Gasteiger partial charge is 0.339 e. The van der Waals surface area contributed by atoms with Crippen LogP contribution in [-0.2, 0) is 11.5 Å². The summed E-state index contributed by atoms with van der Waals surface area (Å²) in [6.07, 6.45) is 0.0520. The zero-order valence-corrected chi connectivity index (χ0v) is 13.9. The molecule has 1 heterocycles. The van der Waals surface area contributed by atoms with E-state index < -0.39 is 5.97 Å². The molecule has 7 heteroatoms. The van der Waals surface area contributed by atoms with Gasteiger partial charge in [0.25, 0.3) is 5.56 Å². The average molecular weight is 339 g/mol. The number of aromatic nitrogens is 3. The second-order valence-electron chi connectivity index (χ2n) is 5.66. The molecule has 3 rings (SSSR count). The summed E-state index contributed by atoms with van der Waals surface area (Å²) in [6, 6.07) is 13.5. The lowest BCUT2D eigenvalue weighted by Gasteiger charge is -2.10. The number of esters is 1. The van der Waals surface area contributed by atoms with Crippen molar-refractivity contribution in [2.24, 2.45) is 0 Å². The SMILES string of the molecule is CC(C)Oc1ccc(C(=O)OCn2nnc3ccccc3c2=O)cc1. The molecule has 0 atom stereocenters. The lowest BCUT2D eigenvalue weighted by atomic mass is 10.2. The van der Waals surface area contributed by atoms with Gasteiger partial charge in [-0.15, -0.1) is 5.10 Å². The summed E-state index contributed by atoms with van der Waals surface area (Å²) in [6.45, 7) is 3.54. The monoisotopic (exact) mass is 339 g/mol. The summed E-state index contributed by atoms with van der Waals surface area (Å²) in [7, 11) is 0. The average Bonchev–Trinajstić information content (AvgIpc) is 2.61. The van der Waals surface area contributed by atoms with Gasteiger partial charge in [0.1, 0.15) is 11.3 Å². The highest BCUT2D eigenvalue weighted by molar-refractivity contribution is 5.89. The molecule has 0 aliphatic rings. The Labute approximate surface area is 143 Å². The minimum Gasteiger partial charge on any atom is -0.491 e. The summed E-state index contributed by atoms with van der Waals surface area (Å²) in [5.74, 6) is 0.112. The summed E-state index contributed by atoms with van der Waals surface area (Å²) in [5, 5.41) is 8.13. The molecule has 2 aromatic carbocycles. The van der Waals surface area contributed by atoms with Gasteiger partial charge in [0.2, 0.25) is 0 Å². The molecule has 0 bridgehead atoms. The molecule has 0 fully saturated rings. The molecule has 0 saturated heterocycles. The summed E-state index contributed by atoms with van der Waals surface area (Å²) in [5.41, 5.74) is 0.493. The van der Waals surface area contributed by atoms with Crippen molar-refractivity contribution in [1.29, 1.82) is 0 Å². The highest BCUT2D eigenvalue weighted by atomic mass is 16.5. The largest absolute Gasteiger partial charge is 0.491 e. The third kappa shape index (κ3) is 3.82. The number of hydrogen-bond donors (Lipinski definition) is 0. The van der Waals surface area contributed by atoms with Crippen molar-refractivity contribution in [2.75, 3.05) is 0 Å². The molecule has 25 heavy (non-hydrogen) atoms. The molecular weight excluding hydrogens is 322 g/mol. The van der Waals surface area contributed by atoms with E-state index in [2.05, 4.69) is 10.3 Å². The molecule has 0 aliphatic heterocycles. The number of carbonyl (C=O) groups is 1. The summed E-state index contributed by atoms with van der Waals surface area (Å²) < 4.78 is 11.7. The molecule has 0 aliphatic carbocycles. The Bertz CT molecular complexity index is 948. The lowest BCUT2D eigenvalue weighted by molar-refractivity contribution is 0.0336. The minimum absolute atomic E-state index is 0.0520. The molecule has 0 amide bonds. The molecule has 7 nitrogen and oxygen atoms in total. The Morgan fingerprint density at radius 3 is 2.56 bits per heavy atom. The van der Waals surface area contributed by atoms with Gasteiger partial charge >= 0.3 is 5.97 Å². The van der Waals surface area contributed by atoms with Crippen LogP contribution >= 0.6 is 0 Å². The second-order valence-corrected chi connectivity index (χ2v) is 5.66. The van der Waals surface area contributed by atoms with Gasteiger partial charge < -0.3 is 9.47 Å². The van der Waals surface area contributed by atoms with E-state index >= 15 is 0 Å². The molecule has 0 unspecified atom stereocenters. The first-order chi connectivity index (χ1) is 12.0. The van der Waals surface area contributed by atoms with E-state index in [0.29, 0.717) is 22.2 Å². The molecule has 0 N–H and O–H groups in total. The van der Waals surface area contributed by atoms with Gasteiger partial charge in [-0.25, -0.2) is 4.79 Å². The van der Waals surface area contributed by atoms with Gasteiger partial charge in [-0.3, -0.25) is 4.79 Å². The molecular formula is C18H17N3O4. The van der Waals surface area contributed by atoms with E-state index in [4.69, 9.17) is 9.47 Å². The van der Waals surface area contributed by atoms with Crippen LogP contribution in [-0.4, -0.2) is 27.1 Å². The predicted molar refractivity (Wildman–Crippen MR) is 91.4 cm³/mol. The van der Waals surface area contributed by atoms with E-state index in [9.17, 15) is 9.59 Å². The maximum absolute atomic E-state index is 12.3. The van der Waals surface area contributed by atoms with E-state index in [0.717, 1.165) is 4.68 Å². The standard InChI is InChI=1S/C18H17N3O4/c1-12(2)25-14-9-7-13(8-10-14)18(23)24-11-21-17(22)15-5-3-4-6-16(15)19-20-21/h3-10,12H,11H2,1-2H3. The maximum atomic E-state index is 12.3. The first-order valence-corrected chi connectivity index (χ1v) is 7.81. The number of hydrogen-bond acceptors (Lipinski definition) is 6. The molecule has 3 aromatic rings. The number of nitrogens with zero attached hydrogens (tertiary/aromatic N) is 3. The highest BCUT2D eigenvalue weighted by Gasteiger charge is 2.10. The van der Waals surface area contributed by atoms with Crippen LogP contribution in [0.3, 0.4) is 0 Å². The van der Waals surface area contributed by atoms with Crippen LogP contribution in [0.25, 0.3) is 10.9 Å². The second kappa shape index (κ2) is 7.12. The van der Waals surface area contributed by atoms with Gasteiger partial charge in [-0.05, 0) is 50.2 Å². The highest BCUT2D eigenvalue weighted by Crippen LogP contribution is 2.14. The van der Waals surface area contributed by atoms with Crippen molar-refractivity contribution >= 4 is 16.9 Å². The third-order valence-corrected chi connectivity index (χ3v) is 3.41. The Morgan fingerprint density at radius 1 is 1.12 bits per heavy atom. The number of ether oxygens (including phenoxy) is 2. The predicted octanol–water partition coefficient (Wildman–Crippen LogP) is 2.39. The van der Waals surface area contributed by atoms with Crippen molar-refractivity contribution in [3.8, 4) is 5.75 Å². The normalized spacial score (nSPS) is 10.8. The summed E-state index contributed by atoms with van der Waals surface area (Å²) in [4.78, 5) is 24.4. The fourth-order valence-electron chi connectivity index (χ4n) is 2.25. The Morgan fingerprint density at radius 2 is 1.84 bits per heavy atom. The van der Waals surface area contributed by atoms with E-state index in [1.54, 1.807) is 48.5 Å². The maximum Gasteiger partial charge on any atom is 0.339 e.